The van der Waals surface area contributed by atoms with Crippen molar-refractivity contribution in [2.45, 2.75) is 6.43 Å². The second-order valence-corrected chi connectivity index (χ2v) is 3.24. The quantitative estimate of drug-likeness (QED) is 0.619. The maximum absolute atomic E-state index is 13.2. The van der Waals surface area contributed by atoms with Crippen LogP contribution in [0.3, 0.4) is 0 Å². The molecular formula is C8H5BrF3NO2. The molecule has 0 aliphatic carbocycles. The Labute approximate surface area is 91.4 Å². The second kappa shape index (κ2) is 4.61. The third kappa shape index (κ3) is 2.47. The Hall–Kier alpha value is -1.11. The number of halogens is 4. The van der Waals surface area contributed by atoms with E-state index in [1.165, 1.54) is 0 Å². The first-order chi connectivity index (χ1) is 6.97. The highest BCUT2D eigenvalue weighted by Crippen LogP contribution is 2.24. The number of nitrogens with zero attached hydrogens (tertiary/aromatic N) is 1. The van der Waals surface area contributed by atoms with Gasteiger partial charge in [0.15, 0.2) is 0 Å². The molecule has 0 fully saturated rings. The van der Waals surface area contributed by atoms with E-state index in [0.717, 1.165) is 7.11 Å². The van der Waals surface area contributed by atoms with Crippen LogP contribution in [0.4, 0.5) is 13.2 Å². The van der Waals surface area contributed by atoms with Crippen LogP contribution in [0.25, 0.3) is 0 Å². The van der Waals surface area contributed by atoms with Gasteiger partial charge in [-0.05, 0) is 15.9 Å². The zero-order chi connectivity index (χ0) is 11.6. The molecule has 0 aromatic carbocycles. The topological polar surface area (TPSA) is 39.2 Å². The molecule has 0 atom stereocenters. The summed E-state index contributed by atoms with van der Waals surface area (Å²) >= 11 is 2.72. The van der Waals surface area contributed by atoms with Crippen molar-refractivity contribution in [3.63, 3.8) is 0 Å². The maximum atomic E-state index is 13.2. The molecule has 0 unspecified atom stereocenters. The van der Waals surface area contributed by atoms with Crippen LogP contribution in [-0.2, 0) is 4.74 Å². The first-order valence-electron chi connectivity index (χ1n) is 3.69. The van der Waals surface area contributed by atoms with Gasteiger partial charge in [-0.1, -0.05) is 0 Å². The molecule has 82 valence electrons. The third-order valence-electron chi connectivity index (χ3n) is 1.56. The van der Waals surface area contributed by atoms with E-state index in [2.05, 4.69) is 25.7 Å². The van der Waals surface area contributed by atoms with Gasteiger partial charge in [-0.3, -0.25) is 0 Å². The molecule has 1 rings (SSSR count). The highest BCUT2D eigenvalue weighted by atomic mass is 79.9. The van der Waals surface area contributed by atoms with Crippen molar-refractivity contribution in [2.75, 3.05) is 7.11 Å². The number of carbonyl (C=O) groups excluding carboxylic acids is 1. The largest absolute Gasteiger partial charge is 0.465 e. The number of aromatic nitrogens is 1. The molecule has 7 heteroatoms. The van der Waals surface area contributed by atoms with E-state index in [0.29, 0.717) is 6.07 Å². The van der Waals surface area contributed by atoms with Gasteiger partial charge >= 0.3 is 5.97 Å². The molecule has 0 amide bonds. The summed E-state index contributed by atoms with van der Waals surface area (Å²) in [5, 5.41) is 0. The van der Waals surface area contributed by atoms with Gasteiger partial charge in [0.05, 0.1) is 7.11 Å². The molecule has 1 heterocycles. The molecule has 0 saturated heterocycles. The fourth-order valence-electron chi connectivity index (χ4n) is 0.898. The maximum Gasteiger partial charge on any atom is 0.343 e. The average Bonchev–Trinajstić information content (AvgIpc) is 2.16. The van der Waals surface area contributed by atoms with E-state index in [1.54, 1.807) is 0 Å². The lowest BCUT2D eigenvalue weighted by Crippen LogP contribution is -2.08. The molecule has 0 N–H and O–H groups in total. The van der Waals surface area contributed by atoms with Crippen molar-refractivity contribution in [1.82, 2.24) is 4.98 Å². The summed E-state index contributed by atoms with van der Waals surface area (Å²) in [5.74, 6) is -2.08. The highest BCUT2D eigenvalue weighted by Gasteiger charge is 2.21. The molecule has 1 aromatic heterocycles. The van der Waals surface area contributed by atoms with Gasteiger partial charge < -0.3 is 4.74 Å². The summed E-state index contributed by atoms with van der Waals surface area (Å²) in [6, 6.07) is 0.502. The van der Waals surface area contributed by atoms with Gasteiger partial charge in [-0.25, -0.2) is 22.9 Å². The molecule has 0 saturated carbocycles. The lowest BCUT2D eigenvalue weighted by Gasteiger charge is -2.05. The Morgan fingerprint density at radius 1 is 1.60 bits per heavy atom. The minimum absolute atomic E-state index is 0.301. The van der Waals surface area contributed by atoms with Crippen LogP contribution in [0.2, 0.25) is 0 Å². The van der Waals surface area contributed by atoms with Crippen molar-refractivity contribution < 1.29 is 22.7 Å². The number of alkyl halides is 2. The summed E-state index contributed by atoms with van der Waals surface area (Å²) in [4.78, 5) is 14.3. The number of esters is 1. The zero-order valence-corrected chi connectivity index (χ0v) is 9.02. The molecule has 15 heavy (non-hydrogen) atoms. The molecule has 1 aromatic rings. The van der Waals surface area contributed by atoms with Crippen LogP contribution in [-0.4, -0.2) is 18.1 Å². The standard InChI is InChI=1S/C8H5BrF3NO2/c1-15-8(14)5-3(10)2-4(7(11)12)13-6(5)9/h2,7H,1H3. The fourth-order valence-corrected chi connectivity index (χ4v) is 1.45. The van der Waals surface area contributed by atoms with Gasteiger partial charge in [-0.2, -0.15) is 0 Å². The number of carbonyl (C=O) groups is 1. The van der Waals surface area contributed by atoms with E-state index in [-0.39, 0.29) is 4.60 Å². The van der Waals surface area contributed by atoms with Crippen LogP contribution < -0.4 is 0 Å². The van der Waals surface area contributed by atoms with Crippen molar-refractivity contribution in [3.8, 4) is 0 Å². The highest BCUT2D eigenvalue weighted by molar-refractivity contribution is 9.10. The zero-order valence-electron chi connectivity index (χ0n) is 7.43. The SMILES string of the molecule is COC(=O)c1c(F)cc(C(F)F)nc1Br. The molecule has 0 aliphatic rings. The Balaban J connectivity index is 3.27. The number of ether oxygens (including phenoxy) is 1. The monoisotopic (exact) mass is 283 g/mol. The first-order valence-corrected chi connectivity index (χ1v) is 4.49. The average molecular weight is 284 g/mol. The summed E-state index contributed by atoms with van der Waals surface area (Å²) in [6.07, 6.45) is -2.90. The van der Waals surface area contributed by atoms with Crippen molar-refractivity contribution in [3.05, 3.63) is 27.7 Å². The summed E-state index contributed by atoms with van der Waals surface area (Å²) in [7, 11) is 1.05. The predicted octanol–water partition coefficient (Wildman–Crippen LogP) is 2.71. The van der Waals surface area contributed by atoms with Crippen LogP contribution in [0.15, 0.2) is 10.7 Å². The Kier molecular flexibility index (Phi) is 3.67. The van der Waals surface area contributed by atoms with E-state index in [1.807, 2.05) is 0 Å². The van der Waals surface area contributed by atoms with Crippen LogP contribution >= 0.6 is 15.9 Å². The number of hydrogen-bond donors (Lipinski definition) is 0. The number of methoxy groups -OCH3 is 1. The van der Waals surface area contributed by atoms with Crippen molar-refractivity contribution >= 4 is 21.9 Å². The van der Waals surface area contributed by atoms with E-state index in [4.69, 9.17) is 0 Å². The van der Waals surface area contributed by atoms with Gasteiger partial charge in [0.1, 0.15) is 21.7 Å². The van der Waals surface area contributed by atoms with E-state index < -0.39 is 29.5 Å². The number of hydrogen-bond acceptors (Lipinski definition) is 3. The minimum atomic E-state index is -2.90. The Morgan fingerprint density at radius 3 is 2.60 bits per heavy atom. The Morgan fingerprint density at radius 2 is 2.20 bits per heavy atom. The van der Waals surface area contributed by atoms with Crippen molar-refractivity contribution in [1.29, 1.82) is 0 Å². The lowest BCUT2D eigenvalue weighted by atomic mass is 10.2. The molecule has 0 radical (unpaired) electrons. The summed E-state index contributed by atoms with van der Waals surface area (Å²) < 4.78 is 41.5. The van der Waals surface area contributed by atoms with Gasteiger partial charge in [-0.15, -0.1) is 0 Å². The van der Waals surface area contributed by atoms with Crippen LogP contribution in [0, 0.1) is 5.82 Å². The first kappa shape index (κ1) is 12.0. The molecule has 0 spiro atoms. The number of pyridine rings is 1. The fraction of sp³-hybridized carbons (Fsp3) is 0.250. The minimum Gasteiger partial charge on any atom is -0.465 e. The van der Waals surface area contributed by atoms with Crippen LogP contribution in [0.5, 0.6) is 0 Å². The second-order valence-electron chi connectivity index (χ2n) is 2.49. The molecule has 0 aliphatic heterocycles. The van der Waals surface area contributed by atoms with Gasteiger partial charge in [0, 0.05) is 6.07 Å². The summed E-state index contributed by atoms with van der Waals surface area (Å²) in [5.41, 5.74) is -1.24. The number of rotatable bonds is 2. The van der Waals surface area contributed by atoms with Gasteiger partial charge in [0.25, 0.3) is 6.43 Å². The smallest absolute Gasteiger partial charge is 0.343 e. The Bertz CT molecular complexity index is 374. The van der Waals surface area contributed by atoms with E-state index in [9.17, 15) is 18.0 Å². The molecule has 0 bridgehead atoms. The van der Waals surface area contributed by atoms with Crippen LogP contribution in [0.1, 0.15) is 22.5 Å². The normalized spacial score (nSPS) is 10.5. The lowest BCUT2D eigenvalue weighted by molar-refractivity contribution is 0.0592. The summed E-state index contributed by atoms with van der Waals surface area (Å²) in [6.45, 7) is 0. The van der Waals surface area contributed by atoms with Gasteiger partial charge in [0.2, 0.25) is 0 Å². The molecule has 3 nitrogen and oxygen atoms in total. The van der Waals surface area contributed by atoms with E-state index >= 15 is 0 Å². The molecular weight excluding hydrogens is 279 g/mol. The van der Waals surface area contributed by atoms with Crippen molar-refractivity contribution in [2.24, 2.45) is 0 Å². The third-order valence-corrected chi connectivity index (χ3v) is 2.13. The predicted molar refractivity (Wildman–Crippen MR) is 48.2 cm³/mol.